The minimum absolute atomic E-state index is 0.0331. The topological polar surface area (TPSA) is 48.0 Å². The highest BCUT2D eigenvalue weighted by Crippen LogP contribution is 2.36. The minimum atomic E-state index is -0.0376. The van der Waals surface area contributed by atoms with Crippen molar-refractivity contribution in [3.05, 3.63) is 52.0 Å². The van der Waals surface area contributed by atoms with Crippen LogP contribution in [0.25, 0.3) is 0 Å². The SMILES string of the molecule is COc1ccc(C(C)N(C)C(=O)Cc2cc3c(cc2Br)OCCO3)cc1. The first-order valence-electron chi connectivity index (χ1n) is 8.47. The van der Waals surface area contributed by atoms with Gasteiger partial charge in [0.25, 0.3) is 0 Å². The van der Waals surface area contributed by atoms with Crippen LogP contribution in [0.15, 0.2) is 40.9 Å². The van der Waals surface area contributed by atoms with Gasteiger partial charge in [-0.1, -0.05) is 28.1 Å². The molecule has 0 aliphatic carbocycles. The highest BCUT2D eigenvalue weighted by atomic mass is 79.9. The largest absolute Gasteiger partial charge is 0.497 e. The smallest absolute Gasteiger partial charge is 0.227 e. The second kappa shape index (κ2) is 7.99. The number of carbonyl (C=O) groups excluding carboxylic acids is 1. The van der Waals surface area contributed by atoms with Gasteiger partial charge in [0.15, 0.2) is 11.5 Å². The first-order valence-corrected chi connectivity index (χ1v) is 9.26. The Balaban J connectivity index is 1.72. The van der Waals surface area contributed by atoms with Crippen LogP contribution in [0.5, 0.6) is 17.2 Å². The number of likely N-dealkylation sites (N-methyl/N-ethyl adjacent to an activating group) is 1. The normalized spacial score (nSPS) is 13.8. The molecule has 0 N–H and O–H groups in total. The highest BCUT2D eigenvalue weighted by Gasteiger charge is 2.21. The molecule has 6 heteroatoms. The van der Waals surface area contributed by atoms with Gasteiger partial charge in [0.1, 0.15) is 19.0 Å². The highest BCUT2D eigenvalue weighted by molar-refractivity contribution is 9.10. The molecular formula is C20H22BrNO4. The molecule has 0 saturated heterocycles. The molecule has 138 valence electrons. The van der Waals surface area contributed by atoms with Crippen LogP contribution in [-0.2, 0) is 11.2 Å². The van der Waals surface area contributed by atoms with E-state index in [0.717, 1.165) is 21.3 Å². The number of hydrogen-bond donors (Lipinski definition) is 0. The van der Waals surface area contributed by atoms with Crippen LogP contribution in [0.3, 0.4) is 0 Å². The number of carbonyl (C=O) groups is 1. The molecule has 0 fully saturated rings. The van der Waals surface area contributed by atoms with E-state index in [1.807, 2.05) is 50.4 Å². The van der Waals surface area contributed by atoms with Gasteiger partial charge in [-0.2, -0.15) is 0 Å². The molecule has 3 rings (SSSR count). The maximum absolute atomic E-state index is 12.8. The molecule has 0 saturated carbocycles. The molecule has 2 aromatic rings. The summed E-state index contributed by atoms with van der Waals surface area (Å²) in [5.74, 6) is 2.23. The van der Waals surface area contributed by atoms with Gasteiger partial charge in [-0.3, -0.25) is 4.79 Å². The van der Waals surface area contributed by atoms with Gasteiger partial charge in [-0.05, 0) is 42.3 Å². The van der Waals surface area contributed by atoms with E-state index < -0.39 is 0 Å². The van der Waals surface area contributed by atoms with Gasteiger partial charge in [0.05, 0.1) is 19.6 Å². The molecule has 1 heterocycles. The summed E-state index contributed by atoms with van der Waals surface area (Å²) in [5, 5.41) is 0. The molecule has 5 nitrogen and oxygen atoms in total. The predicted octanol–water partition coefficient (Wildman–Crippen LogP) is 3.99. The number of amides is 1. The lowest BCUT2D eigenvalue weighted by Crippen LogP contribution is -2.31. The summed E-state index contributed by atoms with van der Waals surface area (Å²) in [4.78, 5) is 14.5. The summed E-state index contributed by atoms with van der Waals surface area (Å²) < 4.78 is 17.2. The van der Waals surface area contributed by atoms with Crippen molar-refractivity contribution in [2.24, 2.45) is 0 Å². The van der Waals surface area contributed by atoms with Crippen LogP contribution in [0.1, 0.15) is 24.1 Å². The Kier molecular flexibility index (Phi) is 5.71. The van der Waals surface area contributed by atoms with Gasteiger partial charge in [-0.15, -0.1) is 0 Å². The second-order valence-electron chi connectivity index (χ2n) is 6.22. The average Bonchev–Trinajstić information content (AvgIpc) is 2.67. The van der Waals surface area contributed by atoms with Crippen LogP contribution in [0.2, 0.25) is 0 Å². The number of hydrogen-bond acceptors (Lipinski definition) is 4. The molecule has 1 unspecified atom stereocenters. The third kappa shape index (κ3) is 3.96. The minimum Gasteiger partial charge on any atom is -0.497 e. The van der Waals surface area contributed by atoms with Crippen molar-refractivity contribution >= 4 is 21.8 Å². The number of fused-ring (bicyclic) bond motifs is 1. The fraction of sp³-hybridized carbons (Fsp3) is 0.350. The van der Waals surface area contributed by atoms with Crippen molar-refractivity contribution in [1.82, 2.24) is 4.90 Å². The Morgan fingerprint density at radius 2 is 1.81 bits per heavy atom. The molecule has 1 aliphatic rings. The van der Waals surface area contributed by atoms with E-state index in [1.54, 1.807) is 12.0 Å². The zero-order chi connectivity index (χ0) is 18.7. The van der Waals surface area contributed by atoms with Crippen LogP contribution in [-0.4, -0.2) is 38.2 Å². The molecule has 0 aromatic heterocycles. The zero-order valence-electron chi connectivity index (χ0n) is 15.1. The lowest BCUT2D eigenvalue weighted by Gasteiger charge is -2.26. The predicted molar refractivity (Wildman–Crippen MR) is 103 cm³/mol. The third-order valence-electron chi connectivity index (χ3n) is 4.63. The number of nitrogens with zero attached hydrogens (tertiary/aromatic N) is 1. The zero-order valence-corrected chi connectivity index (χ0v) is 16.7. The van der Waals surface area contributed by atoms with E-state index in [4.69, 9.17) is 14.2 Å². The maximum atomic E-state index is 12.8. The summed E-state index contributed by atoms with van der Waals surface area (Å²) in [6.07, 6.45) is 0.286. The average molecular weight is 420 g/mol. The van der Waals surface area contributed by atoms with Crippen molar-refractivity contribution in [1.29, 1.82) is 0 Å². The molecule has 0 bridgehead atoms. The molecule has 2 aromatic carbocycles. The number of halogens is 1. The van der Waals surface area contributed by atoms with Gasteiger partial charge in [0, 0.05) is 11.5 Å². The number of ether oxygens (including phenoxy) is 3. The lowest BCUT2D eigenvalue weighted by molar-refractivity contribution is -0.131. The van der Waals surface area contributed by atoms with Crippen molar-refractivity contribution in [2.75, 3.05) is 27.4 Å². The Morgan fingerprint density at radius 1 is 1.19 bits per heavy atom. The first-order chi connectivity index (χ1) is 12.5. The monoisotopic (exact) mass is 419 g/mol. The Labute approximate surface area is 162 Å². The molecule has 26 heavy (non-hydrogen) atoms. The van der Waals surface area contributed by atoms with E-state index in [1.165, 1.54) is 0 Å². The fourth-order valence-electron chi connectivity index (χ4n) is 2.85. The van der Waals surface area contributed by atoms with E-state index in [0.29, 0.717) is 24.7 Å². The van der Waals surface area contributed by atoms with Crippen molar-refractivity contribution < 1.29 is 19.0 Å². The molecule has 1 amide bonds. The number of benzene rings is 2. The maximum Gasteiger partial charge on any atom is 0.227 e. The third-order valence-corrected chi connectivity index (χ3v) is 5.36. The van der Waals surface area contributed by atoms with Crippen molar-refractivity contribution in [3.8, 4) is 17.2 Å². The van der Waals surface area contributed by atoms with Gasteiger partial charge in [-0.25, -0.2) is 0 Å². The molecule has 1 atom stereocenters. The molecule has 0 radical (unpaired) electrons. The second-order valence-corrected chi connectivity index (χ2v) is 7.07. The lowest BCUT2D eigenvalue weighted by atomic mass is 10.1. The molecular weight excluding hydrogens is 398 g/mol. The van der Waals surface area contributed by atoms with E-state index in [-0.39, 0.29) is 18.4 Å². The van der Waals surface area contributed by atoms with Crippen LogP contribution >= 0.6 is 15.9 Å². The summed E-state index contributed by atoms with van der Waals surface area (Å²) in [7, 11) is 3.46. The van der Waals surface area contributed by atoms with E-state index >= 15 is 0 Å². The Morgan fingerprint density at radius 3 is 2.42 bits per heavy atom. The van der Waals surface area contributed by atoms with E-state index in [9.17, 15) is 4.79 Å². The summed E-state index contributed by atoms with van der Waals surface area (Å²) >= 11 is 3.53. The van der Waals surface area contributed by atoms with Crippen LogP contribution in [0, 0.1) is 0 Å². The van der Waals surface area contributed by atoms with Gasteiger partial charge >= 0.3 is 0 Å². The fourth-order valence-corrected chi connectivity index (χ4v) is 3.31. The van der Waals surface area contributed by atoms with Gasteiger partial charge < -0.3 is 19.1 Å². The molecule has 1 aliphatic heterocycles. The van der Waals surface area contributed by atoms with Crippen molar-refractivity contribution in [2.45, 2.75) is 19.4 Å². The summed E-state index contributed by atoms with van der Waals surface area (Å²) in [6.45, 7) is 3.08. The van der Waals surface area contributed by atoms with Crippen molar-refractivity contribution in [3.63, 3.8) is 0 Å². The van der Waals surface area contributed by atoms with E-state index in [2.05, 4.69) is 15.9 Å². The van der Waals surface area contributed by atoms with Crippen LogP contribution < -0.4 is 14.2 Å². The van der Waals surface area contributed by atoms with Gasteiger partial charge in [0.2, 0.25) is 5.91 Å². The summed E-state index contributed by atoms with van der Waals surface area (Å²) in [5.41, 5.74) is 1.94. The first kappa shape index (κ1) is 18.6. The Bertz CT molecular complexity index is 791. The molecule has 0 spiro atoms. The number of rotatable bonds is 5. The quantitative estimate of drug-likeness (QED) is 0.734. The standard InChI is InChI=1S/C20H22BrNO4/c1-13(14-4-6-16(24-3)7-5-14)22(2)20(23)11-15-10-18-19(12-17(15)21)26-9-8-25-18/h4-7,10,12-13H,8-9,11H2,1-3H3. The Hall–Kier alpha value is -2.21. The van der Waals surface area contributed by atoms with Crippen LogP contribution in [0.4, 0.5) is 0 Å². The summed E-state index contributed by atoms with van der Waals surface area (Å²) in [6, 6.07) is 11.5. The number of methoxy groups -OCH3 is 1.